The van der Waals surface area contributed by atoms with Gasteiger partial charge in [0, 0.05) is 5.92 Å². The summed E-state index contributed by atoms with van der Waals surface area (Å²) in [5.41, 5.74) is 1.31. The maximum atomic E-state index is 5.91. The molecule has 0 aliphatic carbocycles. The van der Waals surface area contributed by atoms with Gasteiger partial charge in [0.25, 0.3) is 0 Å². The average Bonchev–Trinajstić information content (AvgIpc) is 2.67. The average molecular weight is 412 g/mol. The van der Waals surface area contributed by atoms with Crippen molar-refractivity contribution in [1.82, 2.24) is 0 Å². The lowest BCUT2D eigenvalue weighted by Gasteiger charge is -2.13. The van der Waals surface area contributed by atoms with E-state index in [-0.39, 0.29) is 0 Å². The molecule has 1 rings (SSSR count). The quantitative estimate of drug-likeness (QED) is 0.224. The van der Waals surface area contributed by atoms with Crippen LogP contribution >= 0.6 is 23.2 Å². The number of hydrogen-bond acceptors (Lipinski definition) is 0. The van der Waals surface area contributed by atoms with Gasteiger partial charge < -0.3 is 0 Å². The molecule has 0 N–H and O–H groups in total. The highest BCUT2D eigenvalue weighted by Gasteiger charge is 2.08. The van der Waals surface area contributed by atoms with E-state index < -0.39 is 0 Å². The number of benzene rings is 1. The fraction of sp³-hybridized carbons (Fsp3) is 0.680. The van der Waals surface area contributed by atoms with Gasteiger partial charge in [0.1, 0.15) is 4.49 Å². The third-order valence-corrected chi connectivity index (χ3v) is 5.68. The van der Waals surface area contributed by atoms with E-state index in [0.29, 0.717) is 10.4 Å². The van der Waals surface area contributed by atoms with Crippen molar-refractivity contribution >= 4 is 23.2 Å². The van der Waals surface area contributed by atoms with Crippen molar-refractivity contribution in [2.24, 2.45) is 0 Å². The molecule has 154 valence electrons. The number of allylic oxidation sites excluding steroid dienone is 1. The smallest absolute Gasteiger partial charge is 0.0712 e. The zero-order valence-corrected chi connectivity index (χ0v) is 18.9. The number of halogens is 2. The van der Waals surface area contributed by atoms with Crippen molar-refractivity contribution < 1.29 is 0 Å². The third-order valence-electron chi connectivity index (χ3n) is 5.42. The molecule has 1 aromatic carbocycles. The van der Waals surface area contributed by atoms with E-state index in [0.717, 1.165) is 6.42 Å². The van der Waals surface area contributed by atoms with Crippen LogP contribution in [0.5, 0.6) is 0 Å². The fourth-order valence-electron chi connectivity index (χ4n) is 3.76. The summed E-state index contributed by atoms with van der Waals surface area (Å²) >= 11 is 11.8. The number of unbranched alkanes of at least 4 members (excludes halogenated alkanes) is 13. The Morgan fingerprint density at radius 2 is 1.15 bits per heavy atom. The SMILES string of the molecule is CCCCCCCCCCCCCCCCC(C=C(Cl)Cl)c1ccccc1. The molecule has 0 amide bonds. The summed E-state index contributed by atoms with van der Waals surface area (Å²) in [5.74, 6) is 0.341. The molecule has 0 bridgehead atoms. The van der Waals surface area contributed by atoms with Crippen molar-refractivity contribution in [1.29, 1.82) is 0 Å². The van der Waals surface area contributed by atoms with Gasteiger partial charge >= 0.3 is 0 Å². The zero-order chi connectivity index (χ0) is 19.6. The Kier molecular flexibility index (Phi) is 16.0. The highest BCUT2D eigenvalue weighted by molar-refractivity contribution is 6.55. The molecule has 0 aliphatic rings. The van der Waals surface area contributed by atoms with Gasteiger partial charge in [-0.25, -0.2) is 0 Å². The minimum Gasteiger partial charge on any atom is -0.0712 e. The molecule has 0 aliphatic heterocycles. The fourth-order valence-corrected chi connectivity index (χ4v) is 4.06. The number of rotatable bonds is 17. The molecule has 2 heteroatoms. The van der Waals surface area contributed by atoms with E-state index in [1.54, 1.807) is 0 Å². The van der Waals surface area contributed by atoms with Gasteiger partial charge in [0.2, 0.25) is 0 Å². The second-order valence-corrected chi connectivity index (χ2v) is 8.87. The van der Waals surface area contributed by atoms with Crippen LogP contribution in [0, 0.1) is 0 Å². The van der Waals surface area contributed by atoms with E-state index in [2.05, 4.69) is 37.3 Å². The standard InChI is InChI=1S/C25H40Cl2/c1-2-3-4-5-6-7-8-9-10-11-12-13-14-16-21-24(22-25(26)27)23-19-17-15-18-20-23/h15,17-20,22,24H,2-14,16,21H2,1H3. The molecule has 0 aromatic heterocycles. The van der Waals surface area contributed by atoms with Crippen LogP contribution in [0.1, 0.15) is 115 Å². The van der Waals surface area contributed by atoms with Crippen molar-refractivity contribution in [3.05, 3.63) is 46.5 Å². The van der Waals surface area contributed by atoms with E-state index in [1.165, 1.54) is 95.5 Å². The topological polar surface area (TPSA) is 0 Å². The van der Waals surface area contributed by atoms with Crippen molar-refractivity contribution in [3.63, 3.8) is 0 Å². The first kappa shape index (κ1) is 24.6. The minimum atomic E-state index is 0.341. The molecule has 0 saturated carbocycles. The van der Waals surface area contributed by atoms with Gasteiger partial charge in [0.15, 0.2) is 0 Å². The molecule has 0 radical (unpaired) electrons. The summed E-state index contributed by atoms with van der Waals surface area (Å²) in [6, 6.07) is 10.6. The van der Waals surface area contributed by atoms with Crippen LogP contribution in [0.15, 0.2) is 40.9 Å². The highest BCUT2D eigenvalue weighted by Crippen LogP contribution is 2.27. The largest absolute Gasteiger partial charge is 0.103 e. The van der Waals surface area contributed by atoms with Crippen LogP contribution in [0.2, 0.25) is 0 Å². The van der Waals surface area contributed by atoms with Crippen LogP contribution in [0.25, 0.3) is 0 Å². The monoisotopic (exact) mass is 410 g/mol. The molecule has 27 heavy (non-hydrogen) atoms. The van der Waals surface area contributed by atoms with Crippen LogP contribution in [-0.4, -0.2) is 0 Å². The summed E-state index contributed by atoms with van der Waals surface area (Å²) in [6.07, 6.45) is 22.7. The Morgan fingerprint density at radius 3 is 1.59 bits per heavy atom. The van der Waals surface area contributed by atoms with Gasteiger partial charge in [-0.05, 0) is 18.1 Å². The van der Waals surface area contributed by atoms with Gasteiger partial charge in [-0.1, -0.05) is 150 Å². The second kappa shape index (κ2) is 17.6. The zero-order valence-electron chi connectivity index (χ0n) is 17.4. The molecular formula is C25H40Cl2. The van der Waals surface area contributed by atoms with E-state index in [1.807, 2.05) is 6.08 Å². The second-order valence-electron chi connectivity index (χ2n) is 7.86. The minimum absolute atomic E-state index is 0.341. The van der Waals surface area contributed by atoms with Crippen LogP contribution in [0.3, 0.4) is 0 Å². The Bertz CT molecular complexity index is 462. The normalized spacial score (nSPS) is 12.1. The summed E-state index contributed by atoms with van der Waals surface area (Å²) in [5, 5.41) is 0. The molecule has 0 saturated heterocycles. The van der Waals surface area contributed by atoms with Gasteiger partial charge in [-0.3, -0.25) is 0 Å². The third kappa shape index (κ3) is 14.2. The Labute approximate surface area is 178 Å². The predicted octanol–water partition coefficient (Wildman–Crippen LogP) is 9.96. The van der Waals surface area contributed by atoms with Gasteiger partial charge in [0.05, 0.1) is 0 Å². The van der Waals surface area contributed by atoms with Crippen molar-refractivity contribution in [3.8, 4) is 0 Å². The summed E-state index contributed by atoms with van der Waals surface area (Å²) in [7, 11) is 0. The summed E-state index contributed by atoms with van der Waals surface area (Å²) in [6.45, 7) is 2.29. The maximum absolute atomic E-state index is 5.91. The molecule has 0 spiro atoms. The van der Waals surface area contributed by atoms with E-state index in [4.69, 9.17) is 23.2 Å². The van der Waals surface area contributed by atoms with Crippen LogP contribution in [0.4, 0.5) is 0 Å². The molecule has 1 atom stereocenters. The van der Waals surface area contributed by atoms with E-state index in [9.17, 15) is 0 Å². The summed E-state index contributed by atoms with van der Waals surface area (Å²) < 4.78 is 0.384. The molecule has 1 unspecified atom stereocenters. The van der Waals surface area contributed by atoms with E-state index >= 15 is 0 Å². The van der Waals surface area contributed by atoms with Crippen LogP contribution < -0.4 is 0 Å². The lowest BCUT2D eigenvalue weighted by molar-refractivity contribution is 0.528. The first-order chi connectivity index (χ1) is 13.2. The lowest BCUT2D eigenvalue weighted by atomic mass is 9.93. The van der Waals surface area contributed by atoms with Gasteiger partial charge in [-0.15, -0.1) is 0 Å². The first-order valence-corrected chi connectivity index (χ1v) is 12.1. The molecule has 0 nitrogen and oxygen atoms in total. The highest BCUT2D eigenvalue weighted by atomic mass is 35.5. The summed E-state index contributed by atoms with van der Waals surface area (Å²) in [4.78, 5) is 0. The number of hydrogen-bond donors (Lipinski definition) is 0. The first-order valence-electron chi connectivity index (χ1n) is 11.3. The Morgan fingerprint density at radius 1 is 0.704 bits per heavy atom. The van der Waals surface area contributed by atoms with Crippen molar-refractivity contribution in [2.75, 3.05) is 0 Å². The molecule has 0 fully saturated rings. The Balaban J connectivity index is 1.99. The Hall–Kier alpha value is -0.460. The predicted molar refractivity (Wildman–Crippen MR) is 124 cm³/mol. The molecule has 1 aromatic rings. The molecule has 0 heterocycles. The van der Waals surface area contributed by atoms with Gasteiger partial charge in [-0.2, -0.15) is 0 Å². The maximum Gasteiger partial charge on any atom is 0.103 e. The van der Waals surface area contributed by atoms with Crippen LogP contribution in [-0.2, 0) is 0 Å². The molecular weight excluding hydrogens is 371 g/mol. The lowest BCUT2D eigenvalue weighted by Crippen LogP contribution is -1.96. The van der Waals surface area contributed by atoms with Crippen molar-refractivity contribution in [2.45, 2.75) is 109 Å².